The molecule has 1 aromatic heterocycles. The predicted octanol–water partition coefficient (Wildman–Crippen LogP) is 9.12. The zero-order chi connectivity index (χ0) is 28.4. The zero-order valence-corrected chi connectivity index (χ0v) is 23.7. The smallest absolute Gasteiger partial charge is 0.164 e. The van der Waals surface area contributed by atoms with Gasteiger partial charge in [0.15, 0.2) is 17.5 Å². The molecule has 0 fully saturated rings. The van der Waals surface area contributed by atoms with Crippen LogP contribution in [0, 0.1) is 5.92 Å². The normalized spacial score (nSPS) is 22.4. The van der Waals surface area contributed by atoms with Gasteiger partial charge in [0.2, 0.25) is 0 Å². The third-order valence-electron chi connectivity index (χ3n) is 9.70. The van der Waals surface area contributed by atoms with Gasteiger partial charge in [0.05, 0.1) is 5.41 Å². The van der Waals surface area contributed by atoms with Gasteiger partial charge in [0.1, 0.15) is 0 Å². The van der Waals surface area contributed by atoms with Crippen LogP contribution in [0.5, 0.6) is 0 Å². The summed E-state index contributed by atoms with van der Waals surface area (Å²) >= 11 is 0. The molecule has 0 aliphatic heterocycles. The highest BCUT2D eigenvalue weighted by Crippen LogP contribution is 2.65. The summed E-state index contributed by atoms with van der Waals surface area (Å²) in [6.45, 7) is 0. The van der Waals surface area contributed by atoms with E-state index in [0.29, 0.717) is 29.3 Å². The lowest BCUT2D eigenvalue weighted by Crippen LogP contribution is -2.34. The van der Waals surface area contributed by atoms with Crippen molar-refractivity contribution < 1.29 is 0 Å². The van der Waals surface area contributed by atoms with Gasteiger partial charge in [-0.15, -0.1) is 0 Å². The second-order valence-electron chi connectivity index (χ2n) is 11.8. The Kier molecular flexibility index (Phi) is 5.36. The van der Waals surface area contributed by atoms with Gasteiger partial charge < -0.3 is 0 Å². The first kappa shape index (κ1) is 24.4. The molecule has 4 aromatic carbocycles. The molecule has 43 heavy (non-hydrogen) atoms. The molecule has 5 aromatic rings. The molecule has 0 saturated carbocycles. The van der Waals surface area contributed by atoms with Gasteiger partial charge in [-0.1, -0.05) is 134 Å². The fourth-order valence-corrected chi connectivity index (χ4v) is 7.96. The number of aromatic nitrogens is 3. The van der Waals surface area contributed by atoms with Crippen molar-refractivity contribution >= 4 is 5.57 Å². The van der Waals surface area contributed by atoms with Crippen molar-refractivity contribution in [3.8, 4) is 34.2 Å². The number of nitrogens with zero attached hydrogens (tertiary/aromatic N) is 3. The Balaban J connectivity index is 1.29. The lowest BCUT2D eigenvalue weighted by molar-refractivity contribution is 0.462. The fourth-order valence-electron chi connectivity index (χ4n) is 7.96. The number of benzene rings is 4. The Hall–Kier alpha value is -5.15. The fraction of sp³-hybridized carbons (Fsp3) is 0.125. The molecule has 0 N–H and O–H groups in total. The minimum atomic E-state index is -0.238. The Morgan fingerprint density at radius 2 is 1.26 bits per heavy atom. The van der Waals surface area contributed by atoms with E-state index < -0.39 is 0 Å². The summed E-state index contributed by atoms with van der Waals surface area (Å²) in [6, 6.07) is 36.5. The van der Waals surface area contributed by atoms with Crippen LogP contribution in [0.4, 0.5) is 0 Å². The van der Waals surface area contributed by atoms with E-state index in [1.807, 2.05) is 36.4 Å². The average molecular weight is 552 g/mol. The summed E-state index contributed by atoms with van der Waals surface area (Å²) in [5, 5.41) is 0. The Morgan fingerprint density at radius 1 is 0.605 bits per heavy atom. The van der Waals surface area contributed by atoms with Crippen LogP contribution in [0.2, 0.25) is 0 Å². The Labute approximate surface area is 251 Å². The molecule has 3 heteroatoms. The SMILES string of the molecule is C1=CC2c3ccccc3C3(C4=C(CCC=C4)c4ccc(-c5nc(-c6ccccc6)nc(-c6ccccc6)n5)cc43)C2C=C1. The minimum Gasteiger partial charge on any atom is -0.208 e. The molecular formula is C40H29N3. The van der Waals surface area contributed by atoms with Gasteiger partial charge in [0, 0.05) is 28.5 Å². The molecule has 0 saturated heterocycles. The van der Waals surface area contributed by atoms with E-state index in [4.69, 9.17) is 15.0 Å². The average Bonchev–Trinajstić information content (AvgIpc) is 3.56. The molecule has 3 unspecified atom stereocenters. The van der Waals surface area contributed by atoms with Gasteiger partial charge in [-0.2, -0.15) is 0 Å². The largest absolute Gasteiger partial charge is 0.208 e. The second-order valence-corrected chi connectivity index (χ2v) is 11.8. The topological polar surface area (TPSA) is 38.7 Å². The standard InChI is InChI=1S/C40H29N3/c1-3-13-26(14-4-1)37-41-38(27-15-5-2-6-16-27)43-39(42-37)28-23-24-32-31-19-9-12-22-35(31)40(36(32)25-28)33-20-10-7-17-29(33)30-18-8-11-21-34(30)40/h1-8,10-18,20-25,29,33H,9,19H2. The zero-order valence-electron chi connectivity index (χ0n) is 23.7. The van der Waals surface area contributed by atoms with Gasteiger partial charge >= 0.3 is 0 Å². The van der Waals surface area contributed by atoms with Crippen LogP contribution < -0.4 is 0 Å². The molecule has 0 bridgehead atoms. The first-order valence-electron chi connectivity index (χ1n) is 15.2. The Morgan fingerprint density at radius 3 is 2.00 bits per heavy atom. The summed E-state index contributed by atoms with van der Waals surface area (Å²) in [4.78, 5) is 15.1. The molecule has 0 radical (unpaired) electrons. The van der Waals surface area contributed by atoms with Crippen molar-refractivity contribution in [1.82, 2.24) is 15.0 Å². The van der Waals surface area contributed by atoms with E-state index in [9.17, 15) is 0 Å². The van der Waals surface area contributed by atoms with Crippen LogP contribution in [-0.2, 0) is 5.41 Å². The summed E-state index contributed by atoms with van der Waals surface area (Å²) in [5.41, 5.74) is 11.3. The maximum absolute atomic E-state index is 5.08. The first-order chi connectivity index (χ1) is 21.3. The lowest BCUT2D eigenvalue weighted by atomic mass is 9.64. The van der Waals surface area contributed by atoms with E-state index in [-0.39, 0.29) is 5.41 Å². The van der Waals surface area contributed by atoms with E-state index in [0.717, 1.165) is 29.5 Å². The number of hydrogen-bond donors (Lipinski definition) is 0. The van der Waals surface area contributed by atoms with E-state index in [2.05, 4.69) is 103 Å². The van der Waals surface area contributed by atoms with Crippen molar-refractivity contribution in [3.63, 3.8) is 0 Å². The highest BCUT2D eigenvalue weighted by molar-refractivity contribution is 5.89. The third kappa shape index (κ3) is 3.51. The molecule has 0 amide bonds. The molecule has 4 aliphatic rings. The predicted molar refractivity (Wildman–Crippen MR) is 173 cm³/mol. The quantitative estimate of drug-likeness (QED) is 0.224. The van der Waals surface area contributed by atoms with Crippen LogP contribution in [0.3, 0.4) is 0 Å². The van der Waals surface area contributed by atoms with Crippen molar-refractivity contribution in [2.45, 2.75) is 24.2 Å². The number of rotatable bonds is 3. The molecule has 3 nitrogen and oxygen atoms in total. The maximum atomic E-state index is 5.08. The molecule has 1 heterocycles. The van der Waals surface area contributed by atoms with Gasteiger partial charge in [-0.25, -0.2) is 15.0 Å². The summed E-state index contributed by atoms with van der Waals surface area (Å²) in [7, 11) is 0. The van der Waals surface area contributed by atoms with E-state index >= 15 is 0 Å². The monoisotopic (exact) mass is 551 g/mol. The summed E-state index contributed by atoms with van der Waals surface area (Å²) < 4.78 is 0. The van der Waals surface area contributed by atoms with Crippen LogP contribution in [0.15, 0.2) is 145 Å². The van der Waals surface area contributed by atoms with Crippen molar-refractivity contribution in [3.05, 3.63) is 167 Å². The van der Waals surface area contributed by atoms with Gasteiger partial charge in [0.25, 0.3) is 0 Å². The Bertz CT molecular complexity index is 1980. The molecule has 4 aliphatic carbocycles. The van der Waals surface area contributed by atoms with Crippen LogP contribution in [0.1, 0.15) is 41.0 Å². The number of hydrogen-bond acceptors (Lipinski definition) is 3. The van der Waals surface area contributed by atoms with Crippen molar-refractivity contribution in [2.24, 2.45) is 5.92 Å². The highest BCUT2D eigenvalue weighted by atomic mass is 15.0. The summed E-state index contributed by atoms with van der Waals surface area (Å²) in [6.07, 6.45) is 16.3. The molecule has 9 rings (SSSR count). The van der Waals surface area contributed by atoms with Gasteiger partial charge in [-0.05, 0) is 52.3 Å². The minimum absolute atomic E-state index is 0.238. The molecular weight excluding hydrogens is 522 g/mol. The lowest BCUT2D eigenvalue weighted by Gasteiger charge is -2.37. The second kappa shape index (κ2) is 9.43. The molecule has 3 atom stereocenters. The maximum Gasteiger partial charge on any atom is 0.164 e. The van der Waals surface area contributed by atoms with E-state index in [1.54, 1.807) is 0 Å². The summed E-state index contributed by atoms with van der Waals surface area (Å²) in [5.74, 6) is 2.75. The molecule has 204 valence electrons. The van der Waals surface area contributed by atoms with Crippen LogP contribution >= 0.6 is 0 Å². The van der Waals surface area contributed by atoms with Gasteiger partial charge in [-0.3, -0.25) is 0 Å². The van der Waals surface area contributed by atoms with Crippen LogP contribution in [-0.4, -0.2) is 15.0 Å². The first-order valence-corrected chi connectivity index (χ1v) is 15.2. The van der Waals surface area contributed by atoms with E-state index in [1.165, 1.54) is 33.4 Å². The third-order valence-corrected chi connectivity index (χ3v) is 9.70. The molecule has 1 spiro atoms. The van der Waals surface area contributed by atoms with Crippen molar-refractivity contribution in [2.75, 3.05) is 0 Å². The van der Waals surface area contributed by atoms with Crippen molar-refractivity contribution in [1.29, 1.82) is 0 Å². The number of allylic oxidation sites excluding steroid dienone is 8. The number of fused-ring (bicyclic) bond motifs is 9. The highest BCUT2D eigenvalue weighted by Gasteiger charge is 2.57. The van der Waals surface area contributed by atoms with Crippen LogP contribution in [0.25, 0.3) is 39.7 Å².